The molecule has 2 rings (SSSR count). The van der Waals surface area contributed by atoms with Gasteiger partial charge in [0.15, 0.2) is 9.84 Å². The van der Waals surface area contributed by atoms with Gasteiger partial charge in [-0.05, 0) is 42.7 Å². The van der Waals surface area contributed by atoms with Crippen molar-refractivity contribution in [2.45, 2.75) is 51.3 Å². The first-order valence-electron chi connectivity index (χ1n) is 10.4. The lowest BCUT2D eigenvalue weighted by molar-refractivity contribution is 0.0696. The van der Waals surface area contributed by atoms with Crippen LogP contribution in [0.2, 0.25) is 0 Å². The molecule has 0 aliphatic rings. The summed E-state index contributed by atoms with van der Waals surface area (Å²) in [5, 5.41) is 9.64. The van der Waals surface area contributed by atoms with Crippen LogP contribution in [0.1, 0.15) is 56.8 Å². The van der Waals surface area contributed by atoms with E-state index in [1.165, 1.54) is 25.1 Å². The van der Waals surface area contributed by atoms with E-state index in [0.29, 0.717) is 29.9 Å². The molecule has 0 spiro atoms. The van der Waals surface area contributed by atoms with Gasteiger partial charge in [-0.1, -0.05) is 45.7 Å². The van der Waals surface area contributed by atoms with Crippen LogP contribution in [-0.4, -0.2) is 38.3 Å². The smallest absolute Gasteiger partial charge is 0.335 e. The van der Waals surface area contributed by atoms with Crippen LogP contribution >= 0.6 is 0 Å². The summed E-state index contributed by atoms with van der Waals surface area (Å²) in [4.78, 5) is 13.8. The Kier molecular flexibility index (Phi) is 8.41. The first-order valence-corrected chi connectivity index (χ1v) is 12.0. The van der Waals surface area contributed by atoms with Gasteiger partial charge in [-0.3, -0.25) is 0 Å². The number of benzene rings is 2. The van der Waals surface area contributed by atoms with E-state index in [-0.39, 0.29) is 16.2 Å². The largest absolute Gasteiger partial charge is 0.478 e. The number of carbonyl (C=O) groups is 1. The number of anilines is 1. The zero-order valence-corrected chi connectivity index (χ0v) is 18.6. The molecule has 0 aromatic heterocycles. The van der Waals surface area contributed by atoms with E-state index in [1.54, 1.807) is 18.2 Å². The van der Waals surface area contributed by atoms with E-state index in [0.717, 1.165) is 25.7 Å². The van der Waals surface area contributed by atoms with Crippen molar-refractivity contribution in [1.82, 2.24) is 0 Å². The first kappa shape index (κ1) is 23.9. The number of carboxylic acid groups (broad SMARTS) is 1. The molecule has 0 saturated carbocycles. The zero-order valence-electron chi connectivity index (χ0n) is 17.8. The van der Waals surface area contributed by atoms with E-state index in [1.807, 2.05) is 0 Å². The number of hydrogen-bond donors (Lipinski definition) is 1. The zero-order chi connectivity index (χ0) is 22.3. The number of nitrogens with zero attached hydrogens (tertiary/aromatic N) is 1. The lowest BCUT2D eigenvalue weighted by atomic mass is 9.99. The Morgan fingerprint density at radius 3 is 2.03 bits per heavy atom. The number of hydrogen-bond acceptors (Lipinski definition) is 4. The van der Waals surface area contributed by atoms with Crippen molar-refractivity contribution in [3.8, 4) is 11.1 Å². The van der Waals surface area contributed by atoms with Gasteiger partial charge in [0.05, 0.1) is 16.2 Å². The predicted octanol–water partition coefficient (Wildman–Crippen LogP) is 5.39. The van der Waals surface area contributed by atoms with Gasteiger partial charge < -0.3 is 10.0 Å². The highest BCUT2D eigenvalue weighted by molar-refractivity contribution is 7.91. The first-order chi connectivity index (χ1) is 14.2. The third kappa shape index (κ3) is 5.59. The van der Waals surface area contributed by atoms with Crippen molar-refractivity contribution < 1.29 is 22.7 Å². The second-order valence-corrected chi connectivity index (χ2v) is 9.52. The SMILES string of the molecule is CCCCN(CCCC)c1cc(C(=O)O)cc(S(=O)(=O)CC)c1-c1ccc(F)cc1. The Bertz CT molecular complexity index is 963. The van der Waals surface area contributed by atoms with Crippen LogP contribution in [0.4, 0.5) is 10.1 Å². The maximum Gasteiger partial charge on any atom is 0.335 e. The number of carboxylic acids is 1. The molecule has 0 bridgehead atoms. The maximum atomic E-state index is 13.6. The molecule has 1 N–H and O–H groups in total. The fourth-order valence-corrected chi connectivity index (χ4v) is 4.48. The molecule has 0 amide bonds. The van der Waals surface area contributed by atoms with E-state index in [9.17, 15) is 22.7 Å². The van der Waals surface area contributed by atoms with E-state index in [2.05, 4.69) is 18.7 Å². The molecule has 5 nitrogen and oxygen atoms in total. The molecule has 0 atom stereocenters. The Hall–Kier alpha value is -2.41. The molecule has 0 fully saturated rings. The average molecular weight is 436 g/mol. The molecular weight excluding hydrogens is 405 g/mol. The molecule has 0 unspecified atom stereocenters. The maximum absolute atomic E-state index is 13.6. The third-order valence-corrected chi connectivity index (χ3v) is 6.83. The van der Waals surface area contributed by atoms with Crippen LogP contribution in [0.5, 0.6) is 0 Å². The fraction of sp³-hybridized carbons (Fsp3) is 0.435. The second kappa shape index (κ2) is 10.6. The van der Waals surface area contributed by atoms with Gasteiger partial charge in [-0.2, -0.15) is 0 Å². The third-order valence-electron chi connectivity index (χ3n) is 5.08. The van der Waals surface area contributed by atoms with Crippen molar-refractivity contribution in [3.63, 3.8) is 0 Å². The molecule has 30 heavy (non-hydrogen) atoms. The summed E-state index contributed by atoms with van der Waals surface area (Å²) in [7, 11) is -3.72. The van der Waals surface area contributed by atoms with Crippen molar-refractivity contribution in [2.75, 3.05) is 23.7 Å². The molecule has 2 aromatic rings. The molecule has 164 valence electrons. The van der Waals surface area contributed by atoms with Crippen LogP contribution in [0.25, 0.3) is 11.1 Å². The normalized spacial score (nSPS) is 11.5. The quantitative estimate of drug-likeness (QED) is 0.512. The molecule has 0 aliphatic heterocycles. The predicted molar refractivity (Wildman–Crippen MR) is 119 cm³/mol. The topological polar surface area (TPSA) is 74.7 Å². The van der Waals surface area contributed by atoms with Crippen LogP contribution in [-0.2, 0) is 9.84 Å². The minimum atomic E-state index is -3.72. The van der Waals surface area contributed by atoms with Gasteiger partial charge in [-0.15, -0.1) is 0 Å². The second-order valence-electron chi connectivity index (χ2n) is 7.28. The summed E-state index contributed by atoms with van der Waals surface area (Å²) < 4.78 is 39.5. The van der Waals surface area contributed by atoms with Gasteiger partial charge >= 0.3 is 5.97 Å². The Balaban J connectivity index is 2.87. The molecule has 7 heteroatoms. The number of halogens is 1. The van der Waals surface area contributed by atoms with Gasteiger partial charge in [0.25, 0.3) is 0 Å². The summed E-state index contributed by atoms with van der Waals surface area (Å²) in [6, 6.07) is 8.43. The number of aromatic carboxylic acids is 1. The molecule has 0 radical (unpaired) electrons. The van der Waals surface area contributed by atoms with Gasteiger partial charge in [-0.25, -0.2) is 17.6 Å². The van der Waals surface area contributed by atoms with Gasteiger partial charge in [0, 0.05) is 24.3 Å². The summed E-state index contributed by atoms with van der Waals surface area (Å²) in [5.41, 5.74) is 1.48. The molecule has 0 heterocycles. The van der Waals surface area contributed by atoms with Crippen LogP contribution in [0, 0.1) is 5.82 Å². The van der Waals surface area contributed by atoms with E-state index < -0.39 is 21.6 Å². The Morgan fingerprint density at radius 1 is 1.00 bits per heavy atom. The summed E-state index contributed by atoms with van der Waals surface area (Å²) in [6.07, 6.45) is 3.68. The fourth-order valence-electron chi connectivity index (χ4n) is 3.33. The van der Waals surface area contributed by atoms with Crippen molar-refractivity contribution in [3.05, 3.63) is 47.8 Å². The van der Waals surface area contributed by atoms with Gasteiger partial charge in [0.2, 0.25) is 0 Å². The summed E-state index contributed by atoms with van der Waals surface area (Å²) in [5.74, 6) is -1.76. The van der Waals surface area contributed by atoms with Crippen LogP contribution < -0.4 is 4.90 Å². The average Bonchev–Trinajstić information content (AvgIpc) is 2.73. The Labute approximate surface area is 178 Å². The van der Waals surface area contributed by atoms with Crippen LogP contribution in [0.3, 0.4) is 0 Å². The highest BCUT2D eigenvalue weighted by Gasteiger charge is 2.26. The Morgan fingerprint density at radius 2 is 1.57 bits per heavy atom. The van der Waals surface area contributed by atoms with E-state index >= 15 is 0 Å². The van der Waals surface area contributed by atoms with Crippen molar-refractivity contribution in [2.24, 2.45) is 0 Å². The van der Waals surface area contributed by atoms with E-state index in [4.69, 9.17) is 0 Å². The monoisotopic (exact) mass is 435 g/mol. The molecule has 0 saturated heterocycles. The summed E-state index contributed by atoms with van der Waals surface area (Å²) in [6.45, 7) is 7.03. The summed E-state index contributed by atoms with van der Waals surface area (Å²) >= 11 is 0. The molecule has 2 aromatic carbocycles. The highest BCUT2D eigenvalue weighted by Crippen LogP contribution is 2.39. The van der Waals surface area contributed by atoms with Crippen molar-refractivity contribution >= 4 is 21.5 Å². The molecule has 0 aliphatic carbocycles. The van der Waals surface area contributed by atoms with Crippen molar-refractivity contribution in [1.29, 1.82) is 0 Å². The van der Waals surface area contributed by atoms with Gasteiger partial charge in [0.1, 0.15) is 5.82 Å². The number of unbranched alkanes of at least 4 members (excludes halogenated alkanes) is 2. The highest BCUT2D eigenvalue weighted by atomic mass is 32.2. The minimum absolute atomic E-state index is 0.0236. The lowest BCUT2D eigenvalue weighted by Gasteiger charge is -2.29. The lowest BCUT2D eigenvalue weighted by Crippen LogP contribution is -2.27. The number of rotatable bonds is 11. The molecular formula is C23H30FNO4S. The van der Waals surface area contributed by atoms with Crippen LogP contribution in [0.15, 0.2) is 41.3 Å². The number of sulfone groups is 1. The standard InChI is InChI=1S/C23H30FNO4S/c1-4-7-13-25(14-8-5-2)20-15-18(23(26)27)16-21(30(28,29)6-3)22(20)17-9-11-19(24)12-10-17/h9-12,15-16H,4-8,13-14H2,1-3H3,(H,26,27). The minimum Gasteiger partial charge on any atom is -0.478 e.